The van der Waals surface area contributed by atoms with Gasteiger partial charge in [0.15, 0.2) is 5.82 Å². The van der Waals surface area contributed by atoms with Crippen molar-refractivity contribution in [2.24, 2.45) is 0 Å². The van der Waals surface area contributed by atoms with Crippen LogP contribution in [-0.2, 0) is 0 Å². The molecular formula is C9H12ClFN2O2S. The zero-order valence-corrected chi connectivity index (χ0v) is 9.85. The number of nitrogen functional groups attached to an aromatic ring is 2. The van der Waals surface area contributed by atoms with Gasteiger partial charge < -0.3 is 21.7 Å². The number of benzene rings is 1. The van der Waals surface area contributed by atoms with Crippen molar-refractivity contribution in [2.45, 2.75) is 11.0 Å². The molecule has 1 atom stereocenters. The van der Waals surface area contributed by atoms with E-state index in [2.05, 4.69) is 0 Å². The van der Waals surface area contributed by atoms with E-state index in [1.54, 1.807) is 0 Å². The van der Waals surface area contributed by atoms with E-state index in [4.69, 9.17) is 33.3 Å². The maximum Gasteiger partial charge on any atom is 0.159 e. The minimum Gasteiger partial charge on any atom is -0.398 e. The molecule has 6 N–H and O–H groups in total. The van der Waals surface area contributed by atoms with Crippen molar-refractivity contribution in [1.82, 2.24) is 0 Å². The van der Waals surface area contributed by atoms with Gasteiger partial charge in [-0.05, 0) is 6.07 Å². The lowest BCUT2D eigenvalue weighted by atomic mass is 10.3. The molecule has 0 aliphatic rings. The Morgan fingerprint density at radius 1 is 1.44 bits per heavy atom. The van der Waals surface area contributed by atoms with Crippen LogP contribution in [0.1, 0.15) is 0 Å². The number of hydrogen-bond donors (Lipinski definition) is 4. The summed E-state index contributed by atoms with van der Waals surface area (Å²) in [5.41, 5.74) is 11.2. The van der Waals surface area contributed by atoms with Crippen LogP contribution >= 0.6 is 23.4 Å². The second-order valence-electron chi connectivity index (χ2n) is 3.16. The molecule has 1 aromatic rings. The zero-order chi connectivity index (χ0) is 12.3. The Kier molecular flexibility index (Phi) is 4.67. The van der Waals surface area contributed by atoms with Gasteiger partial charge in [-0.15, -0.1) is 11.8 Å². The molecule has 0 saturated carbocycles. The van der Waals surface area contributed by atoms with Crippen molar-refractivity contribution >= 4 is 34.7 Å². The summed E-state index contributed by atoms with van der Waals surface area (Å²) in [5, 5.41) is 17.6. The maximum atomic E-state index is 13.6. The van der Waals surface area contributed by atoms with Gasteiger partial charge in [-0.2, -0.15) is 0 Å². The summed E-state index contributed by atoms with van der Waals surface area (Å²) >= 11 is 6.60. The van der Waals surface area contributed by atoms with Crippen LogP contribution in [0.2, 0.25) is 5.02 Å². The van der Waals surface area contributed by atoms with Crippen molar-refractivity contribution < 1.29 is 14.6 Å². The Bertz CT molecular complexity index is 392. The summed E-state index contributed by atoms with van der Waals surface area (Å²) in [6.45, 7) is -0.392. The molecule has 0 amide bonds. The van der Waals surface area contributed by atoms with Crippen molar-refractivity contribution in [1.29, 1.82) is 0 Å². The molecule has 90 valence electrons. The molecule has 0 aliphatic heterocycles. The number of halogens is 2. The lowest BCUT2D eigenvalue weighted by Gasteiger charge is -2.11. The van der Waals surface area contributed by atoms with Gasteiger partial charge in [0.05, 0.1) is 29.0 Å². The Balaban J connectivity index is 2.92. The van der Waals surface area contributed by atoms with Crippen molar-refractivity contribution in [3.05, 3.63) is 16.9 Å². The molecular weight excluding hydrogens is 255 g/mol. The lowest BCUT2D eigenvalue weighted by molar-refractivity contribution is 0.113. The number of aliphatic hydroxyl groups excluding tert-OH is 2. The number of nitrogens with two attached hydrogens (primary N) is 2. The molecule has 1 aromatic carbocycles. The third-order valence-corrected chi connectivity index (χ3v) is 3.49. The van der Waals surface area contributed by atoms with Gasteiger partial charge in [0.1, 0.15) is 5.02 Å². The van der Waals surface area contributed by atoms with Crippen molar-refractivity contribution in [3.63, 3.8) is 0 Å². The molecule has 16 heavy (non-hydrogen) atoms. The highest BCUT2D eigenvalue weighted by Gasteiger charge is 2.15. The van der Waals surface area contributed by atoms with Crippen LogP contribution in [0.25, 0.3) is 0 Å². The van der Waals surface area contributed by atoms with Gasteiger partial charge in [0.25, 0.3) is 0 Å². The fourth-order valence-corrected chi connectivity index (χ4v) is 2.15. The van der Waals surface area contributed by atoms with E-state index in [0.717, 1.165) is 11.8 Å². The first kappa shape index (κ1) is 13.4. The summed E-state index contributed by atoms with van der Waals surface area (Å²) < 4.78 is 13.6. The Hall–Kier alpha value is -0.690. The number of anilines is 2. The second kappa shape index (κ2) is 5.58. The SMILES string of the molecule is Nc1cc(N)c(SCC(O)CO)c(F)c1Cl. The molecule has 4 nitrogen and oxygen atoms in total. The molecule has 0 aliphatic carbocycles. The van der Waals surface area contributed by atoms with E-state index in [-0.39, 0.29) is 27.0 Å². The molecule has 0 saturated heterocycles. The van der Waals surface area contributed by atoms with Crippen molar-refractivity contribution in [3.8, 4) is 0 Å². The van der Waals surface area contributed by atoms with Crippen LogP contribution in [0.3, 0.4) is 0 Å². The highest BCUT2D eigenvalue weighted by Crippen LogP contribution is 2.36. The lowest BCUT2D eigenvalue weighted by Crippen LogP contribution is -2.15. The summed E-state index contributed by atoms with van der Waals surface area (Å²) in [6, 6.07) is 1.36. The summed E-state index contributed by atoms with van der Waals surface area (Å²) in [7, 11) is 0. The first-order valence-corrected chi connectivity index (χ1v) is 5.78. The Morgan fingerprint density at radius 2 is 2.06 bits per heavy atom. The molecule has 7 heteroatoms. The first-order chi connectivity index (χ1) is 7.47. The molecule has 0 spiro atoms. The topological polar surface area (TPSA) is 92.5 Å². The van der Waals surface area contributed by atoms with E-state index in [1.165, 1.54) is 6.07 Å². The number of rotatable bonds is 4. The third kappa shape index (κ3) is 2.91. The average molecular weight is 267 g/mol. The van der Waals surface area contributed by atoms with E-state index >= 15 is 0 Å². The Labute approximate surface area is 101 Å². The summed E-state index contributed by atoms with van der Waals surface area (Å²) in [6.07, 6.45) is -0.930. The van der Waals surface area contributed by atoms with Crippen LogP contribution < -0.4 is 11.5 Å². The largest absolute Gasteiger partial charge is 0.398 e. The van der Waals surface area contributed by atoms with E-state index in [9.17, 15) is 4.39 Å². The third-order valence-electron chi connectivity index (χ3n) is 1.85. The summed E-state index contributed by atoms with van der Waals surface area (Å²) in [4.78, 5) is 0.131. The first-order valence-electron chi connectivity index (χ1n) is 4.42. The molecule has 0 bridgehead atoms. The summed E-state index contributed by atoms with van der Waals surface area (Å²) in [5.74, 6) is -0.577. The van der Waals surface area contributed by atoms with E-state index in [1.807, 2.05) is 0 Å². The smallest absolute Gasteiger partial charge is 0.159 e. The zero-order valence-electron chi connectivity index (χ0n) is 8.28. The van der Waals surface area contributed by atoms with Crippen LogP contribution in [0, 0.1) is 5.82 Å². The highest BCUT2D eigenvalue weighted by atomic mass is 35.5. The van der Waals surface area contributed by atoms with Gasteiger partial charge >= 0.3 is 0 Å². The fraction of sp³-hybridized carbons (Fsp3) is 0.333. The van der Waals surface area contributed by atoms with E-state index < -0.39 is 18.5 Å². The van der Waals surface area contributed by atoms with Crippen LogP contribution in [0.4, 0.5) is 15.8 Å². The van der Waals surface area contributed by atoms with E-state index in [0.29, 0.717) is 0 Å². The second-order valence-corrected chi connectivity index (χ2v) is 4.57. The molecule has 0 fully saturated rings. The number of thioether (sulfide) groups is 1. The monoisotopic (exact) mass is 266 g/mol. The van der Waals surface area contributed by atoms with Crippen molar-refractivity contribution in [2.75, 3.05) is 23.8 Å². The quantitative estimate of drug-likeness (QED) is 0.484. The van der Waals surface area contributed by atoms with Gasteiger partial charge in [0.2, 0.25) is 0 Å². The maximum absolute atomic E-state index is 13.6. The molecule has 0 aromatic heterocycles. The predicted octanol–water partition coefficient (Wildman–Crippen LogP) is 1.09. The van der Waals surface area contributed by atoms with Crippen LogP contribution in [0.5, 0.6) is 0 Å². The minimum absolute atomic E-state index is 0.0729. The van der Waals surface area contributed by atoms with Crippen LogP contribution in [0.15, 0.2) is 11.0 Å². The Morgan fingerprint density at radius 3 is 2.62 bits per heavy atom. The molecule has 1 unspecified atom stereocenters. The number of aliphatic hydroxyl groups is 2. The van der Waals surface area contributed by atoms with Gasteiger partial charge in [-0.3, -0.25) is 0 Å². The molecule has 0 radical (unpaired) electrons. The normalized spacial score (nSPS) is 12.8. The highest BCUT2D eigenvalue weighted by molar-refractivity contribution is 7.99. The number of hydrogen-bond acceptors (Lipinski definition) is 5. The van der Waals surface area contributed by atoms with Crippen LogP contribution in [-0.4, -0.2) is 28.7 Å². The van der Waals surface area contributed by atoms with Gasteiger partial charge in [0, 0.05) is 5.75 Å². The molecule has 1 rings (SSSR count). The standard InChI is InChI=1S/C9H12ClFN2O2S/c10-7-5(12)1-6(13)9(8(7)11)16-3-4(15)2-14/h1,4,14-15H,2-3,12-13H2. The van der Waals surface area contributed by atoms with Gasteiger partial charge in [-0.1, -0.05) is 11.6 Å². The minimum atomic E-state index is -0.930. The molecule has 0 heterocycles. The fourth-order valence-electron chi connectivity index (χ4n) is 1.03. The predicted molar refractivity (Wildman–Crippen MR) is 64.1 cm³/mol. The average Bonchev–Trinajstić information content (AvgIpc) is 2.25. The van der Waals surface area contributed by atoms with Gasteiger partial charge in [-0.25, -0.2) is 4.39 Å².